The summed E-state index contributed by atoms with van der Waals surface area (Å²) in [6.45, 7) is 8.36. The summed E-state index contributed by atoms with van der Waals surface area (Å²) in [4.78, 5) is 25.9. The zero-order valence-electron chi connectivity index (χ0n) is 25.0. The van der Waals surface area contributed by atoms with Gasteiger partial charge in [0, 0.05) is 54.4 Å². The number of hydrogen-bond donors (Lipinski definition) is 0. The van der Waals surface area contributed by atoms with E-state index in [1.54, 1.807) is 17.5 Å². The minimum absolute atomic E-state index is 0.176. The zero-order chi connectivity index (χ0) is 29.8. The zero-order valence-corrected chi connectivity index (χ0v) is 25.8. The summed E-state index contributed by atoms with van der Waals surface area (Å²) in [6.07, 6.45) is 5.49. The van der Waals surface area contributed by atoms with E-state index in [1.807, 2.05) is 53.4 Å². The van der Waals surface area contributed by atoms with Crippen molar-refractivity contribution in [3.8, 4) is 39.3 Å². The summed E-state index contributed by atoms with van der Waals surface area (Å²) in [6, 6.07) is 15.7. The molecular weight excluding hydrogens is 560 g/mol. The Bertz CT molecular complexity index is 1550. The third-order valence-electron chi connectivity index (χ3n) is 8.06. The molecule has 0 bridgehead atoms. The molecule has 2 aliphatic heterocycles. The fourth-order valence-corrected chi connectivity index (χ4v) is 6.22. The van der Waals surface area contributed by atoms with Crippen molar-refractivity contribution in [2.24, 2.45) is 5.92 Å². The van der Waals surface area contributed by atoms with Gasteiger partial charge >= 0.3 is 0 Å². The van der Waals surface area contributed by atoms with Gasteiger partial charge in [-0.15, -0.1) is 10.2 Å². The van der Waals surface area contributed by atoms with Crippen LogP contribution in [-0.4, -0.2) is 69.2 Å². The number of likely N-dealkylation sites (tertiary alicyclic amines) is 2. The first-order chi connectivity index (χ1) is 20.9. The molecule has 0 aliphatic carbocycles. The quantitative estimate of drug-likeness (QED) is 0.206. The highest BCUT2D eigenvalue weighted by molar-refractivity contribution is 7.14. The van der Waals surface area contributed by atoms with Crippen LogP contribution >= 0.6 is 11.3 Å². The molecule has 1 amide bonds. The molecule has 0 unspecified atom stereocenters. The maximum atomic E-state index is 12.4. The number of aromatic nitrogens is 4. The lowest BCUT2D eigenvalue weighted by Gasteiger charge is -2.28. The first kappa shape index (κ1) is 29.2. The molecule has 2 aromatic heterocycles. The van der Waals surface area contributed by atoms with Crippen LogP contribution in [0.1, 0.15) is 56.0 Å². The van der Waals surface area contributed by atoms with Gasteiger partial charge in [0.05, 0.1) is 6.61 Å². The van der Waals surface area contributed by atoms with Gasteiger partial charge < -0.3 is 19.3 Å². The van der Waals surface area contributed by atoms with Crippen molar-refractivity contribution in [1.29, 1.82) is 0 Å². The van der Waals surface area contributed by atoms with E-state index >= 15 is 0 Å². The standard InChI is InChI=1S/C33H38N6O3S/c1-22(2)32-36-37-33(43-32)24-8-10-27(11-9-24)42-28-19-25(6-7-26(28)20-39-16-4-5-30(39)40)31-34-15-12-29(35-31)41-21-23-13-17-38(3)18-14-23/h6-12,15,19,22-23H,4-5,13-14,16-18,20-21H2,1-3H3. The minimum Gasteiger partial charge on any atom is -0.477 e. The van der Waals surface area contributed by atoms with E-state index in [-0.39, 0.29) is 5.91 Å². The number of rotatable bonds is 10. The van der Waals surface area contributed by atoms with Crippen LogP contribution in [0.5, 0.6) is 17.4 Å². The van der Waals surface area contributed by atoms with Gasteiger partial charge in [-0.1, -0.05) is 37.3 Å². The molecule has 224 valence electrons. The highest BCUT2D eigenvalue weighted by Gasteiger charge is 2.22. The second-order valence-electron chi connectivity index (χ2n) is 11.7. The smallest absolute Gasteiger partial charge is 0.222 e. The van der Waals surface area contributed by atoms with Crippen molar-refractivity contribution in [3.05, 3.63) is 65.3 Å². The second kappa shape index (κ2) is 13.2. The van der Waals surface area contributed by atoms with Crippen molar-refractivity contribution in [2.45, 2.75) is 52.0 Å². The average Bonchev–Trinajstić information content (AvgIpc) is 3.68. The molecule has 43 heavy (non-hydrogen) atoms. The Balaban J connectivity index is 1.22. The van der Waals surface area contributed by atoms with Crippen molar-refractivity contribution < 1.29 is 14.3 Å². The fourth-order valence-electron chi connectivity index (χ4n) is 5.37. The molecular formula is C33H38N6O3S. The Hall–Kier alpha value is -3.89. The molecule has 0 spiro atoms. The molecule has 0 saturated carbocycles. The first-order valence-electron chi connectivity index (χ1n) is 15.1. The normalized spacial score (nSPS) is 16.3. The number of piperidine rings is 1. The van der Waals surface area contributed by atoms with Gasteiger partial charge in [-0.2, -0.15) is 4.98 Å². The van der Waals surface area contributed by atoms with Crippen molar-refractivity contribution in [3.63, 3.8) is 0 Å². The molecule has 2 aliphatic rings. The van der Waals surface area contributed by atoms with Gasteiger partial charge in [0.2, 0.25) is 11.8 Å². The second-order valence-corrected chi connectivity index (χ2v) is 12.8. The molecule has 0 N–H and O–H groups in total. The molecule has 2 saturated heterocycles. The van der Waals surface area contributed by atoms with Crippen molar-refractivity contribution in [2.75, 3.05) is 33.3 Å². The molecule has 4 aromatic rings. The van der Waals surface area contributed by atoms with Crippen LogP contribution in [-0.2, 0) is 11.3 Å². The highest BCUT2D eigenvalue weighted by Crippen LogP contribution is 2.34. The lowest BCUT2D eigenvalue weighted by Crippen LogP contribution is -2.32. The Morgan fingerprint density at radius 2 is 1.79 bits per heavy atom. The monoisotopic (exact) mass is 598 g/mol. The molecule has 4 heterocycles. The number of carbonyl (C=O) groups is 1. The lowest BCUT2D eigenvalue weighted by atomic mass is 9.98. The Morgan fingerprint density at radius 1 is 1.00 bits per heavy atom. The van der Waals surface area contributed by atoms with E-state index < -0.39 is 0 Å². The number of nitrogens with zero attached hydrogens (tertiary/aromatic N) is 6. The van der Waals surface area contributed by atoms with E-state index in [0.29, 0.717) is 54.6 Å². The average molecular weight is 599 g/mol. The van der Waals surface area contributed by atoms with Crippen LogP contribution in [0.4, 0.5) is 0 Å². The Morgan fingerprint density at radius 3 is 2.51 bits per heavy atom. The molecule has 2 aromatic carbocycles. The minimum atomic E-state index is 0.176. The van der Waals surface area contributed by atoms with Crippen LogP contribution in [0.15, 0.2) is 54.7 Å². The van der Waals surface area contributed by atoms with E-state index in [2.05, 4.69) is 41.0 Å². The highest BCUT2D eigenvalue weighted by atomic mass is 32.1. The predicted octanol–water partition coefficient (Wildman–Crippen LogP) is 6.42. The van der Waals surface area contributed by atoms with E-state index in [9.17, 15) is 4.79 Å². The molecule has 2 fully saturated rings. The maximum absolute atomic E-state index is 12.4. The van der Waals surface area contributed by atoms with Gasteiger partial charge in [0.15, 0.2) is 5.82 Å². The third kappa shape index (κ3) is 7.19. The summed E-state index contributed by atoms with van der Waals surface area (Å²) in [7, 11) is 2.16. The molecule has 10 heteroatoms. The SMILES string of the molecule is CC(C)c1nnc(-c2ccc(Oc3cc(-c4nccc(OCC5CCN(C)CC5)n4)ccc3CN3CCCC3=O)cc2)s1. The van der Waals surface area contributed by atoms with Crippen molar-refractivity contribution in [1.82, 2.24) is 30.0 Å². The van der Waals surface area contributed by atoms with Gasteiger partial charge in [0.25, 0.3) is 0 Å². The van der Waals surface area contributed by atoms with Gasteiger partial charge in [-0.05, 0) is 75.6 Å². The molecule has 6 rings (SSSR count). The number of carbonyl (C=O) groups excluding carboxylic acids is 1. The largest absolute Gasteiger partial charge is 0.477 e. The van der Waals surface area contributed by atoms with Crippen LogP contribution in [0, 0.1) is 5.92 Å². The first-order valence-corrected chi connectivity index (χ1v) is 15.9. The topological polar surface area (TPSA) is 93.6 Å². The van der Waals surface area contributed by atoms with Gasteiger partial charge in [-0.25, -0.2) is 4.98 Å². The van der Waals surface area contributed by atoms with Crippen molar-refractivity contribution >= 4 is 17.2 Å². The van der Waals surface area contributed by atoms with E-state index in [1.165, 1.54) is 0 Å². The van der Waals surface area contributed by atoms with E-state index in [4.69, 9.17) is 14.5 Å². The van der Waals surface area contributed by atoms with Gasteiger partial charge in [0.1, 0.15) is 21.5 Å². The number of amides is 1. The van der Waals surface area contributed by atoms with Crippen LogP contribution in [0.25, 0.3) is 22.0 Å². The third-order valence-corrected chi connectivity index (χ3v) is 9.33. The summed E-state index contributed by atoms with van der Waals surface area (Å²) in [5.41, 5.74) is 2.75. The molecule has 0 radical (unpaired) electrons. The Kier molecular flexibility index (Phi) is 8.95. The number of hydrogen-bond acceptors (Lipinski definition) is 9. The van der Waals surface area contributed by atoms with E-state index in [0.717, 1.165) is 65.6 Å². The number of ether oxygens (including phenoxy) is 2. The number of benzene rings is 2. The predicted molar refractivity (Wildman–Crippen MR) is 167 cm³/mol. The van der Waals surface area contributed by atoms with Crippen LogP contribution in [0.2, 0.25) is 0 Å². The maximum Gasteiger partial charge on any atom is 0.222 e. The van der Waals surface area contributed by atoms with Crippen LogP contribution < -0.4 is 9.47 Å². The fraction of sp³-hybridized carbons (Fsp3) is 0.424. The molecule has 9 nitrogen and oxygen atoms in total. The van der Waals surface area contributed by atoms with Crippen LogP contribution in [0.3, 0.4) is 0 Å². The summed E-state index contributed by atoms with van der Waals surface area (Å²) < 4.78 is 12.6. The summed E-state index contributed by atoms with van der Waals surface area (Å²) in [5.74, 6) is 3.57. The Labute approximate surface area is 256 Å². The summed E-state index contributed by atoms with van der Waals surface area (Å²) >= 11 is 1.61. The molecule has 0 atom stereocenters. The lowest BCUT2D eigenvalue weighted by molar-refractivity contribution is -0.128. The van der Waals surface area contributed by atoms with Gasteiger partial charge in [-0.3, -0.25) is 4.79 Å². The summed E-state index contributed by atoms with van der Waals surface area (Å²) in [5, 5.41) is 10.6.